The van der Waals surface area contributed by atoms with E-state index in [1.54, 1.807) is 19.2 Å². The molecular weight excluding hydrogens is 260 g/mol. The normalized spacial score (nSPS) is 14.5. The monoisotopic (exact) mass is 274 g/mol. The summed E-state index contributed by atoms with van der Waals surface area (Å²) in [5.41, 5.74) is 9.23. The van der Waals surface area contributed by atoms with Gasteiger partial charge in [-0.05, 0) is 24.6 Å². The SMILES string of the molecule is C=C(N)c1ccc(N2C=C(C(C)=O)CC2=C)c(Cl)c1. The van der Waals surface area contributed by atoms with Gasteiger partial charge in [0, 0.05) is 29.6 Å². The highest BCUT2D eigenvalue weighted by molar-refractivity contribution is 6.33. The molecule has 2 rings (SSSR count). The number of hydrogen-bond donors (Lipinski definition) is 1. The lowest BCUT2D eigenvalue weighted by Gasteiger charge is -2.19. The van der Waals surface area contributed by atoms with Crippen LogP contribution in [0, 0.1) is 0 Å². The highest BCUT2D eigenvalue weighted by Crippen LogP contribution is 2.35. The standard InChI is InChI=1S/C15H15ClN2O/c1-9-6-13(11(3)19)8-18(9)15-5-4-12(10(2)17)7-14(15)16/h4-5,7-8H,1-2,6,17H2,3H3. The molecule has 0 aromatic heterocycles. The molecule has 2 N–H and O–H groups in total. The maximum Gasteiger partial charge on any atom is 0.157 e. The Labute approximate surface area is 117 Å². The van der Waals surface area contributed by atoms with Gasteiger partial charge in [0.2, 0.25) is 0 Å². The summed E-state index contributed by atoms with van der Waals surface area (Å²) in [5, 5.41) is 0.548. The zero-order valence-electron chi connectivity index (χ0n) is 10.7. The van der Waals surface area contributed by atoms with Crippen molar-refractivity contribution in [2.24, 2.45) is 5.73 Å². The molecule has 4 heteroatoms. The molecule has 0 amide bonds. The lowest BCUT2D eigenvalue weighted by molar-refractivity contribution is -0.113. The number of carbonyl (C=O) groups is 1. The van der Waals surface area contributed by atoms with E-state index in [0.29, 0.717) is 17.1 Å². The molecule has 1 aliphatic heterocycles. The Morgan fingerprint density at radius 2 is 2.16 bits per heavy atom. The van der Waals surface area contributed by atoms with Gasteiger partial charge in [0.25, 0.3) is 0 Å². The Hall–Kier alpha value is -2.00. The van der Waals surface area contributed by atoms with E-state index >= 15 is 0 Å². The van der Waals surface area contributed by atoms with Crippen molar-refractivity contribution < 1.29 is 4.79 Å². The van der Waals surface area contributed by atoms with E-state index in [2.05, 4.69) is 13.2 Å². The molecule has 19 heavy (non-hydrogen) atoms. The van der Waals surface area contributed by atoms with Crippen LogP contribution in [-0.4, -0.2) is 5.78 Å². The average molecular weight is 275 g/mol. The number of hydrogen-bond acceptors (Lipinski definition) is 3. The van der Waals surface area contributed by atoms with Gasteiger partial charge in [-0.1, -0.05) is 30.8 Å². The maximum atomic E-state index is 11.4. The van der Waals surface area contributed by atoms with Gasteiger partial charge in [-0.25, -0.2) is 0 Å². The largest absolute Gasteiger partial charge is 0.399 e. The minimum Gasteiger partial charge on any atom is -0.399 e. The molecule has 0 atom stereocenters. The highest BCUT2D eigenvalue weighted by atomic mass is 35.5. The summed E-state index contributed by atoms with van der Waals surface area (Å²) < 4.78 is 0. The Bertz CT molecular complexity index is 617. The Kier molecular flexibility index (Phi) is 3.49. The first kappa shape index (κ1) is 13.4. The minimum atomic E-state index is 0.0479. The zero-order valence-corrected chi connectivity index (χ0v) is 11.5. The number of allylic oxidation sites excluding steroid dienone is 1. The van der Waals surface area contributed by atoms with E-state index < -0.39 is 0 Å². The van der Waals surface area contributed by atoms with Crippen LogP contribution >= 0.6 is 11.6 Å². The van der Waals surface area contributed by atoms with Crippen molar-refractivity contribution in [3.05, 3.63) is 59.4 Å². The number of nitrogens with two attached hydrogens (primary N) is 1. The molecule has 0 spiro atoms. The van der Waals surface area contributed by atoms with E-state index in [4.69, 9.17) is 17.3 Å². The van der Waals surface area contributed by atoms with Gasteiger partial charge < -0.3 is 10.6 Å². The molecule has 0 saturated heterocycles. The number of rotatable bonds is 3. The molecule has 1 aliphatic rings. The van der Waals surface area contributed by atoms with Crippen LogP contribution in [-0.2, 0) is 4.79 Å². The fourth-order valence-corrected chi connectivity index (χ4v) is 2.23. The van der Waals surface area contributed by atoms with Crippen molar-refractivity contribution >= 4 is 28.8 Å². The van der Waals surface area contributed by atoms with E-state index in [0.717, 1.165) is 22.5 Å². The molecule has 0 aliphatic carbocycles. The van der Waals surface area contributed by atoms with Crippen LogP contribution in [0.4, 0.5) is 5.69 Å². The van der Waals surface area contributed by atoms with E-state index in [9.17, 15) is 4.79 Å². The van der Waals surface area contributed by atoms with Crippen LogP contribution in [0.1, 0.15) is 18.9 Å². The molecule has 98 valence electrons. The number of nitrogens with zero attached hydrogens (tertiary/aromatic N) is 1. The van der Waals surface area contributed by atoms with E-state index in [1.165, 1.54) is 0 Å². The van der Waals surface area contributed by atoms with Crippen molar-refractivity contribution in [3.8, 4) is 0 Å². The number of Topliss-reactive ketones (excluding diaryl/α,β-unsaturated/α-hetero) is 1. The van der Waals surface area contributed by atoms with Crippen LogP contribution in [0.5, 0.6) is 0 Å². The smallest absolute Gasteiger partial charge is 0.157 e. The van der Waals surface area contributed by atoms with Crippen LogP contribution in [0.3, 0.4) is 0 Å². The quantitative estimate of drug-likeness (QED) is 0.918. The highest BCUT2D eigenvalue weighted by Gasteiger charge is 2.22. The summed E-state index contributed by atoms with van der Waals surface area (Å²) in [6.07, 6.45) is 2.33. The molecule has 0 fully saturated rings. The summed E-state index contributed by atoms with van der Waals surface area (Å²) >= 11 is 6.25. The van der Waals surface area contributed by atoms with Crippen LogP contribution in [0.2, 0.25) is 5.02 Å². The van der Waals surface area contributed by atoms with Gasteiger partial charge in [0.15, 0.2) is 5.78 Å². The fraction of sp³-hybridized carbons (Fsp3) is 0.133. The van der Waals surface area contributed by atoms with Gasteiger partial charge in [0.1, 0.15) is 0 Å². The molecule has 1 aromatic rings. The Balaban J connectivity index is 2.40. The number of anilines is 1. The summed E-state index contributed by atoms with van der Waals surface area (Å²) in [7, 11) is 0. The number of carbonyl (C=O) groups excluding carboxylic acids is 1. The number of ketones is 1. The summed E-state index contributed by atoms with van der Waals surface area (Å²) in [6, 6.07) is 5.45. The topological polar surface area (TPSA) is 46.3 Å². The molecule has 1 aromatic carbocycles. The van der Waals surface area contributed by atoms with Gasteiger partial charge in [-0.2, -0.15) is 0 Å². The Morgan fingerprint density at radius 1 is 1.47 bits per heavy atom. The van der Waals surface area contributed by atoms with Crippen LogP contribution < -0.4 is 10.6 Å². The second-order valence-corrected chi connectivity index (χ2v) is 4.92. The lowest BCUT2D eigenvalue weighted by Crippen LogP contribution is -2.10. The van der Waals surface area contributed by atoms with Gasteiger partial charge >= 0.3 is 0 Å². The molecule has 3 nitrogen and oxygen atoms in total. The molecule has 0 bridgehead atoms. The third-order valence-electron chi connectivity index (χ3n) is 3.05. The lowest BCUT2D eigenvalue weighted by atomic mass is 10.1. The summed E-state index contributed by atoms with van der Waals surface area (Å²) in [5.74, 6) is 0.0479. The second-order valence-electron chi connectivity index (χ2n) is 4.51. The van der Waals surface area contributed by atoms with Crippen LogP contribution in [0.25, 0.3) is 5.70 Å². The van der Waals surface area contributed by atoms with Crippen LogP contribution in [0.15, 0.2) is 48.8 Å². The van der Waals surface area contributed by atoms with Gasteiger partial charge in [0.05, 0.1) is 10.7 Å². The molecule has 0 unspecified atom stereocenters. The third-order valence-corrected chi connectivity index (χ3v) is 3.35. The van der Waals surface area contributed by atoms with Crippen molar-refractivity contribution in [1.29, 1.82) is 0 Å². The fourth-order valence-electron chi connectivity index (χ4n) is 1.96. The predicted molar refractivity (Wildman–Crippen MR) is 79.7 cm³/mol. The second kappa shape index (κ2) is 4.94. The molecule has 0 saturated carbocycles. The Morgan fingerprint density at radius 3 is 2.63 bits per heavy atom. The van der Waals surface area contributed by atoms with Gasteiger partial charge in [-0.3, -0.25) is 4.79 Å². The van der Waals surface area contributed by atoms with Crippen molar-refractivity contribution in [3.63, 3.8) is 0 Å². The summed E-state index contributed by atoms with van der Waals surface area (Å²) in [4.78, 5) is 13.2. The third kappa shape index (κ3) is 2.56. The van der Waals surface area contributed by atoms with E-state index in [-0.39, 0.29) is 5.78 Å². The first-order valence-corrected chi connectivity index (χ1v) is 6.21. The average Bonchev–Trinajstić information content (AvgIpc) is 2.71. The number of halogens is 1. The first-order chi connectivity index (χ1) is 8.90. The summed E-state index contributed by atoms with van der Waals surface area (Å²) in [6.45, 7) is 9.19. The van der Waals surface area contributed by atoms with Crippen molar-refractivity contribution in [2.45, 2.75) is 13.3 Å². The predicted octanol–water partition coefficient (Wildman–Crippen LogP) is 3.47. The number of benzene rings is 1. The van der Waals surface area contributed by atoms with Crippen molar-refractivity contribution in [2.75, 3.05) is 4.90 Å². The molecule has 1 heterocycles. The minimum absolute atomic E-state index is 0.0479. The first-order valence-electron chi connectivity index (χ1n) is 5.83. The molecule has 0 radical (unpaired) electrons. The van der Waals surface area contributed by atoms with Crippen molar-refractivity contribution in [1.82, 2.24) is 0 Å². The maximum absolute atomic E-state index is 11.4. The molecular formula is C15H15ClN2O. The van der Waals surface area contributed by atoms with E-state index in [1.807, 2.05) is 17.0 Å². The zero-order chi connectivity index (χ0) is 14.2. The van der Waals surface area contributed by atoms with Gasteiger partial charge in [-0.15, -0.1) is 0 Å².